The Morgan fingerprint density at radius 3 is 2.92 bits per heavy atom. The number of hydrogen-bond donors (Lipinski definition) is 2. The number of nitrogens with one attached hydrogen (secondary N) is 2. The van der Waals surface area contributed by atoms with E-state index in [1.54, 1.807) is 14.1 Å². The van der Waals surface area contributed by atoms with Gasteiger partial charge in [0.1, 0.15) is 18.2 Å². The summed E-state index contributed by atoms with van der Waals surface area (Å²) in [5.74, 6) is 2.23. The van der Waals surface area contributed by atoms with Crippen molar-refractivity contribution in [3.8, 4) is 0 Å². The number of aliphatic imine (C=N–C) groups is 1. The third-order valence-electron chi connectivity index (χ3n) is 3.72. The minimum atomic E-state index is -0.0471. The van der Waals surface area contributed by atoms with E-state index >= 15 is 0 Å². The fourth-order valence-electron chi connectivity index (χ4n) is 2.45. The minimum absolute atomic E-state index is 0.0331. The molecule has 8 nitrogen and oxygen atoms in total. The Bertz CT molecular complexity index is 632. The molecule has 0 bridgehead atoms. The number of likely N-dealkylation sites (N-methyl/N-ethyl adjacent to an activating group) is 1. The number of hydrogen-bond acceptors (Lipinski definition) is 4. The second-order valence-corrected chi connectivity index (χ2v) is 6.34. The summed E-state index contributed by atoms with van der Waals surface area (Å²) in [6, 6.07) is 0.0331. The topological polar surface area (TPSA) is 87.4 Å². The van der Waals surface area contributed by atoms with Crippen LogP contribution in [-0.2, 0) is 11.3 Å². The smallest absolute Gasteiger partial charge is 0.243 e. The van der Waals surface area contributed by atoms with Crippen LogP contribution in [-0.4, -0.2) is 58.7 Å². The second kappa shape index (κ2) is 7.94. The van der Waals surface area contributed by atoms with E-state index in [0.29, 0.717) is 12.5 Å². The maximum Gasteiger partial charge on any atom is 0.243 e. The molecule has 8 heteroatoms. The highest BCUT2D eigenvalue weighted by atomic mass is 16.2. The zero-order valence-electron chi connectivity index (χ0n) is 15.0. The number of rotatable bonds is 5. The van der Waals surface area contributed by atoms with Crippen LogP contribution in [0, 0.1) is 6.92 Å². The van der Waals surface area contributed by atoms with Crippen LogP contribution >= 0.6 is 0 Å². The highest BCUT2D eigenvalue weighted by Crippen LogP contribution is 2.22. The molecule has 0 spiro atoms. The SMILES string of the molecule is C=C(C)CNC(=NCC(=O)N(C)C)NC1CCCn2nc(C)nc21. The molecule has 1 aromatic rings. The average Bonchev–Trinajstić information content (AvgIpc) is 2.90. The van der Waals surface area contributed by atoms with E-state index in [4.69, 9.17) is 0 Å². The number of nitrogens with zero attached hydrogens (tertiary/aromatic N) is 5. The van der Waals surface area contributed by atoms with Crippen LogP contribution in [0.5, 0.6) is 0 Å². The molecule has 1 aromatic heterocycles. The Morgan fingerprint density at radius 1 is 1.50 bits per heavy atom. The Morgan fingerprint density at radius 2 is 2.25 bits per heavy atom. The van der Waals surface area contributed by atoms with Gasteiger partial charge in [0.25, 0.3) is 0 Å². The van der Waals surface area contributed by atoms with Crippen LogP contribution in [0.4, 0.5) is 0 Å². The van der Waals surface area contributed by atoms with Gasteiger partial charge in [0.15, 0.2) is 5.96 Å². The third-order valence-corrected chi connectivity index (χ3v) is 3.72. The van der Waals surface area contributed by atoms with E-state index in [2.05, 4.69) is 32.3 Å². The van der Waals surface area contributed by atoms with Crippen LogP contribution in [0.3, 0.4) is 0 Å². The molecule has 2 N–H and O–H groups in total. The van der Waals surface area contributed by atoms with Gasteiger partial charge in [-0.2, -0.15) is 5.10 Å². The lowest BCUT2D eigenvalue weighted by Gasteiger charge is -2.25. The predicted octanol–water partition coefficient (Wildman–Crippen LogP) is 0.621. The number of carbonyl (C=O) groups is 1. The van der Waals surface area contributed by atoms with Gasteiger partial charge < -0.3 is 15.5 Å². The van der Waals surface area contributed by atoms with E-state index in [-0.39, 0.29) is 18.5 Å². The molecule has 1 aliphatic heterocycles. The zero-order valence-corrected chi connectivity index (χ0v) is 15.0. The van der Waals surface area contributed by atoms with Crippen molar-refractivity contribution in [3.63, 3.8) is 0 Å². The Hall–Kier alpha value is -2.38. The summed E-state index contributed by atoms with van der Waals surface area (Å²) >= 11 is 0. The molecule has 1 amide bonds. The van der Waals surface area contributed by atoms with E-state index in [0.717, 1.165) is 36.6 Å². The molecule has 0 fully saturated rings. The second-order valence-electron chi connectivity index (χ2n) is 6.34. The molecule has 1 atom stereocenters. The van der Waals surface area contributed by atoms with Gasteiger partial charge in [-0.05, 0) is 26.7 Å². The first-order chi connectivity index (χ1) is 11.4. The lowest BCUT2D eigenvalue weighted by molar-refractivity contribution is -0.127. The van der Waals surface area contributed by atoms with Crippen molar-refractivity contribution in [3.05, 3.63) is 23.8 Å². The summed E-state index contributed by atoms with van der Waals surface area (Å²) in [5.41, 5.74) is 0.992. The van der Waals surface area contributed by atoms with Gasteiger partial charge in [-0.1, -0.05) is 12.2 Å². The molecule has 2 heterocycles. The zero-order chi connectivity index (χ0) is 17.7. The van der Waals surface area contributed by atoms with E-state index in [1.807, 2.05) is 18.5 Å². The maximum absolute atomic E-state index is 11.8. The minimum Gasteiger partial charge on any atom is -0.353 e. The van der Waals surface area contributed by atoms with Crippen molar-refractivity contribution < 1.29 is 4.79 Å². The monoisotopic (exact) mass is 333 g/mol. The van der Waals surface area contributed by atoms with E-state index in [9.17, 15) is 4.79 Å². The summed E-state index contributed by atoms with van der Waals surface area (Å²) < 4.78 is 1.94. The van der Waals surface area contributed by atoms with E-state index < -0.39 is 0 Å². The Balaban J connectivity index is 2.11. The van der Waals surface area contributed by atoms with Crippen LogP contribution in [0.25, 0.3) is 0 Å². The molecular weight excluding hydrogens is 306 g/mol. The van der Waals surface area contributed by atoms with Crippen LogP contribution in [0.2, 0.25) is 0 Å². The van der Waals surface area contributed by atoms with Gasteiger partial charge in [-0.3, -0.25) is 4.79 Å². The van der Waals surface area contributed by atoms with Crippen molar-refractivity contribution >= 4 is 11.9 Å². The lowest BCUT2D eigenvalue weighted by Crippen LogP contribution is -2.42. The number of amides is 1. The van der Waals surface area contributed by atoms with E-state index in [1.165, 1.54) is 4.90 Å². The lowest BCUT2D eigenvalue weighted by atomic mass is 10.1. The van der Waals surface area contributed by atoms with Gasteiger partial charge in [0.05, 0.1) is 6.04 Å². The molecule has 1 unspecified atom stereocenters. The van der Waals surface area contributed by atoms with Crippen LogP contribution in [0.15, 0.2) is 17.1 Å². The van der Waals surface area contributed by atoms with Crippen LogP contribution < -0.4 is 10.6 Å². The number of aryl methyl sites for hydroxylation is 2. The third kappa shape index (κ3) is 4.81. The molecule has 1 aliphatic rings. The Kier molecular flexibility index (Phi) is 5.94. The quantitative estimate of drug-likeness (QED) is 0.469. The van der Waals surface area contributed by atoms with Gasteiger partial charge >= 0.3 is 0 Å². The summed E-state index contributed by atoms with van der Waals surface area (Å²) in [5, 5.41) is 11.0. The summed E-state index contributed by atoms with van der Waals surface area (Å²) in [6.07, 6.45) is 1.98. The van der Waals surface area contributed by atoms with Gasteiger partial charge in [-0.15, -0.1) is 0 Å². The highest BCUT2D eigenvalue weighted by molar-refractivity contribution is 5.85. The van der Waals surface area contributed by atoms with Crippen molar-refractivity contribution in [2.45, 2.75) is 39.3 Å². The van der Waals surface area contributed by atoms with Gasteiger partial charge in [0, 0.05) is 27.2 Å². The normalized spacial score (nSPS) is 17.2. The molecule has 0 aromatic carbocycles. The van der Waals surface area contributed by atoms with Gasteiger partial charge in [0.2, 0.25) is 5.91 Å². The van der Waals surface area contributed by atoms with Crippen LogP contribution in [0.1, 0.15) is 37.5 Å². The molecule has 0 aliphatic carbocycles. The number of aromatic nitrogens is 3. The number of guanidine groups is 1. The summed E-state index contributed by atoms with van der Waals surface area (Å²) in [4.78, 5) is 22.2. The summed E-state index contributed by atoms with van der Waals surface area (Å²) in [6.45, 7) is 9.31. The summed E-state index contributed by atoms with van der Waals surface area (Å²) in [7, 11) is 3.44. The molecular formula is C16H27N7O. The van der Waals surface area contributed by atoms with Crippen molar-refractivity contribution in [2.75, 3.05) is 27.2 Å². The largest absolute Gasteiger partial charge is 0.353 e. The highest BCUT2D eigenvalue weighted by Gasteiger charge is 2.24. The maximum atomic E-state index is 11.8. The van der Waals surface area contributed by atoms with Crippen molar-refractivity contribution in [1.29, 1.82) is 0 Å². The van der Waals surface area contributed by atoms with Crippen molar-refractivity contribution in [1.82, 2.24) is 30.3 Å². The number of fused-ring (bicyclic) bond motifs is 1. The first kappa shape index (κ1) is 18.0. The molecule has 2 rings (SSSR count). The first-order valence-corrected chi connectivity index (χ1v) is 8.17. The first-order valence-electron chi connectivity index (χ1n) is 8.17. The fraction of sp³-hybridized carbons (Fsp3) is 0.625. The van der Waals surface area contributed by atoms with Gasteiger partial charge in [-0.25, -0.2) is 14.7 Å². The molecule has 24 heavy (non-hydrogen) atoms. The predicted molar refractivity (Wildman–Crippen MR) is 93.7 cm³/mol. The van der Waals surface area contributed by atoms with Crippen molar-refractivity contribution in [2.24, 2.45) is 4.99 Å². The molecule has 132 valence electrons. The fourth-order valence-corrected chi connectivity index (χ4v) is 2.45. The molecule has 0 radical (unpaired) electrons. The molecule has 0 saturated heterocycles. The standard InChI is InChI=1S/C16H27N7O/c1-11(2)9-17-16(18-10-14(24)22(4)5)20-13-7-6-8-23-15(13)19-12(3)21-23/h13H,1,6-10H2,2-5H3,(H2,17,18,20). The Labute approximate surface area is 143 Å². The average molecular weight is 333 g/mol. The number of carbonyl (C=O) groups excluding carboxylic acids is 1. The molecule has 0 saturated carbocycles.